The summed E-state index contributed by atoms with van der Waals surface area (Å²) in [6.45, 7) is 1.42. The molecule has 0 saturated carbocycles. The maximum absolute atomic E-state index is 13.8. The van der Waals surface area contributed by atoms with Crippen LogP contribution >= 0.6 is 0 Å². The highest BCUT2D eigenvalue weighted by molar-refractivity contribution is 6.02. The van der Waals surface area contributed by atoms with Crippen LogP contribution in [-0.2, 0) is 16.5 Å². The first-order valence-corrected chi connectivity index (χ1v) is 8.06. The predicted octanol–water partition coefficient (Wildman–Crippen LogP) is 3.16. The number of pyridine rings is 1. The van der Waals surface area contributed by atoms with Crippen molar-refractivity contribution in [2.45, 2.75) is 24.6 Å². The van der Waals surface area contributed by atoms with E-state index in [0.29, 0.717) is 12.3 Å². The number of alkyl halides is 3. The molecule has 1 aliphatic rings. The van der Waals surface area contributed by atoms with Gasteiger partial charge in [-0.15, -0.1) is 0 Å². The third-order valence-corrected chi connectivity index (χ3v) is 4.69. The summed E-state index contributed by atoms with van der Waals surface area (Å²) >= 11 is 0. The molecule has 2 heterocycles. The van der Waals surface area contributed by atoms with Gasteiger partial charge in [0, 0.05) is 19.3 Å². The topological polar surface area (TPSA) is 71.6 Å². The van der Waals surface area contributed by atoms with Crippen LogP contribution in [0.5, 0.6) is 0 Å². The Balaban J connectivity index is 2.19. The first kappa shape index (κ1) is 19.7. The number of guanidine groups is 1. The second-order valence-corrected chi connectivity index (χ2v) is 6.58. The summed E-state index contributed by atoms with van der Waals surface area (Å²) < 4.78 is 66.0. The number of benzene rings is 1. The van der Waals surface area contributed by atoms with Crippen molar-refractivity contribution in [3.63, 3.8) is 0 Å². The zero-order valence-electron chi connectivity index (χ0n) is 14.8. The minimum atomic E-state index is -4.60. The summed E-state index contributed by atoms with van der Waals surface area (Å²) in [7, 11) is 1.34. The van der Waals surface area contributed by atoms with Gasteiger partial charge in [-0.2, -0.15) is 13.2 Å². The second-order valence-electron chi connectivity index (χ2n) is 6.58. The molecule has 0 spiro atoms. The second kappa shape index (κ2) is 6.54. The highest BCUT2D eigenvalue weighted by Crippen LogP contribution is 2.44. The van der Waals surface area contributed by atoms with Crippen molar-refractivity contribution in [2.24, 2.45) is 10.7 Å². The zero-order valence-corrected chi connectivity index (χ0v) is 14.8. The molecule has 28 heavy (non-hydrogen) atoms. The van der Waals surface area contributed by atoms with Gasteiger partial charge in [0.15, 0.2) is 5.96 Å². The van der Waals surface area contributed by atoms with Crippen molar-refractivity contribution in [2.75, 3.05) is 7.05 Å². The Bertz CT molecular complexity index is 937. The number of hydrogen-bond acceptors (Lipinski definition) is 4. The van der Waals surface area contributed by atoms with Crippen LogP contribution in [0.25, 0.3) is 0 Å². The third kappa shape index (κ3) is 3.30. The van der Waals surface area contributed by atoms with Crippen LogP contribution in [0.1, 0.15) is 29.7 Å². The van der Waals surface area contributed by atoms with E-state index in [4.69, 9.17) is 5.73 Å². The molecule has 1 aromatic carbocycles. The molecule has 2 N–H and O–H groups in total. The maximum atomic E-state index is 13.8. The van der Waals surface area contributed by atoms with E-state index in [9.17, 15) is 26.7 Å². The number of hydrogen-bond donors (Lipinski definition) is 1. The number of carbonyl (C=O) groups is 1. The van der Waals surface area contributed by atoms with Gasteiger partial charge in [-0.1, -0.05) is 0 Å². The van der Waals surface area contributed by atoms with Gasteiger partial charge < -0.3 is 5.73 Å². The Labute approximate surface area is 156 Å². The zero-order chi connectivity index (χ0) is 20.9. The molecular weight excluding hydrogens is 383 g/mol. The van der Waals surface area contributed by atoms with Crippen LogP contribution in [0.2, 0.25) is 0 Å². The molecule has 0 saturated heterocycles. The fourth-order valence-corrected chi connectivity index (χ4v) is 3.16. The van der Waals surface area contributed by atoms with E-state index in [1.165, 1.54) is 14.0 Å². The van der Waals surface area contributed by atoms with E-state index in [1.54, 1.807) is 0 Å². The Kier molecular flexibility index (Phi) is 4.60. The van der Waals surface area contributed by atoms with Crippen molar-refractivity contribution in [3.8, 4) is 0 Å². The molecule has 1 amide bonds. The SMILES string of the molecule is CN1C(=O)C(c2ccc(C(F)(F)F)cn2)[C@@](C)(c2cc(F)cc(F)c2)N=C1N. The van der Waals surface area contributed by atoms with Crippen molar-refractivity contribution < 1.29 is 26.7 Å². The Morgan fingerprint density at radius 3 is 2.25 bits per heavy atom. The van der Waals surface area contributed by atoms with Crippen LogP contribution in [0.15, 0.2) is 41.5 Å². The molecule has 0 bridgehead atoms. The molecule has 2 atom stereocenters. The first-order valence-electron chi connectivity index (χ1n) is 8.06. The molecule has 1 aliphatic heterocycles. The van der Waals surface area contributed by atoms with E-state index < -0.39 is 40.7 Å². The molecule has 1 unspecified atom stereocenters. The van der Waals surface area contributed by atoms with E-state index in [0.717, 1.165) is 29.2 Å². The van der Waals surface area contributed by atoms with E-state index >= 15 is 0 Å². The van der Waals surface area contributed by atoms with Gasteiger partial charge in [-0.05, 0) is 36.8 Å². The van der Waals surface area contributed by atoms with Gasteiger partial charge in [0.05, 0.1) is 11.3 Å². The maximum Gasteiger partial charge on any atom is 0.417 e. The number of rotatable bonds is 2. The molecule has 0 radical (unpaired) electrons. The summed E-state index contributed by atoms with van der Waals surface area (Å²) in [4.78, 5) is 21.9. The van der Waals surface area contributed by atoms with Crippen molar-refractivity contribution in [3.05, 3.63) is 65.0 Å². The van der Waals surface area contributed by atoms with Crippen molar-refractivity contribution >= 4 is 11.9 Å². The quantitative estimate of drug-likeness (QED) is 0.790. The first-order chi connectivity index (χ1) is 12.9. The smallest absolute Gasteiger partial charge is 0.369 e. The third-order valence-electron chi connectivity index (χ3n) is 4.69. The van der Waals surface area contributed by atoms with Crippen LogP contribution < -0.4 is 5.73 Å². The molecule has 0 fully saturated rings. The standard InChI is InChI=1S/C18H15F5N4O/c1-17(10-5-11(19)7-12(20)6-10)14(15(28)27(2)16(24)26-17)13-4-3-9(8-25-13)18(21,22)23/h3-8,14H,1-2H3,(H2,24,26)/t14?,17-/m1/s1. The summed E-state index contributed by atoms with van der Waals surface area (Å²) in [5.74, 6) is -3.84. The van der Waals surface area contributed by atoms with E-state index in [2.05, 4.69) is 9.98 Å². The average molecular weight is 398 g/mol. The van der Waals surface area contributed by atoms with Crippen LogP contribution in [0, 0.1) is 11.6 Å². The molecule has 2 aromatic rings. The summed E-state index contributed by atoms with van der Waals surface area (Å²) in [5, 5.41) is 0. The lowest BCUT2D eigenvalue weighted by Crippen LogP contribution is -2.52. The molecule has 5 nitrogen and oxygen atoms in total. The fourth-order valence-electron chi connectivity index (χ4n) is 3.16. The molecule has 10 heteroatoms. The number of amides is 1. The Morgan fingerprint density at radius 2 is 1.75 bits per heavy atom. The van der Waals surface area contributed by atoms with Crippen LogP contribution in [-0.4, -0.2) is 28.8 Å². The van der Waals surface area contributed by atoms with Crippen molar-refractivity contribution in [1.82, 2.24) is 9.88 Å². The number of aliphatic imine (C=N–C) groups is 1. The number of halogens is 5. The summed E-state index contributed by atoms with van der Waals surface area (Å²) in [6.07, 6.45) is -4.01. The van der Waals surface area contributed by atoms with E-state index in [-0.39, 0.29) is 17.2 Å². The lowest BCUT2D eigenvalue weighted by atomic mass is 9.76. The van der Waals surface area contributed by atoms with Crippen molar-refractivity contribution in [1.29, 1.82) is 0 Å². The molecular formula is C18H15F5N4O. The normalized spacial score (nSPS) is 23.0. The summed E-state index contributed by atoms with van der Waals surface area (Å²) in [5.41, 5.74) is 3.17. The van der Waals surface area contributed by atoms with Crippen LogP contribution in [0.4, 0.5) is 22.0 Å². The number of aromatic nitrogens is 1. The molecule has 3 rings (SSSR count). The van der Waals surface area contributed by atoms with Gasteiger partial charge >= 0.3 is 6.18 Å². The minimum absolute atomic E-state index is 0.00102. The van der Waals surface area contributed by atoms with Gasteiger partial charge in [0.2, 0.25) is 5.91 Å². The molecule has 1 aromatic heterocycles. The van der Waals surface area contributed by atoms with Gasteiger partial charge in [-0.25, -0.2) is 13.8 Å². The van der Waals surface area contributed by atoms with Gasteiger partial charge in [0.1, 0.15) is 23.1 Å². The fraction of sp³-hybridized carbons (Fsp3) is 0.278. The van der Waals surface area contributed by atoms with E-state index in [1.807, 2.05) is 0 Å². The number of nitrogens with zero attached hydrogens (tertiary/aromatic N) is 3. The molecule has 0 aliphatic carbocycles. The highest BCUT2D eigenvalue weighted by atomic mass is 19.4. The Morgan fingerprint density at radius 1 is 1.14 bits per heavy atom. The molecule has 148 valence electrons. The lowest BCUT2D eigenvalue weighted by Gasteiger charge is -2.40. The largest absolute Gasteiger partial charge is 0.417 e. The number of carbonyl (C=O) groups excluding carboxylic acids is 1. The number of likely N-dealkylation sites (N-methyl/N-ethyl adjacent to an activating group) is 1. The average Bonchev–Trinajstić information content (AvgIpc) is 2.59. The van der Waals surface area contributed by atoms with Gasteiger partial charge in [-0.3, -0.25) is 14.7 Å². The monoisotopic (exact) mass is 398 g/mol. The predicted molar refractivity (Wildman–Crippen MR) is 90.1 cm³/mol. The number of nitrogens with two attached hydrogens (primary N) is 1. The van der Waals surface area contributed by atoms with Gasteiger partial charge in [0.25, 0.3) is 0 Å². The Hall–Kier alpha value is -3.04. The minimum Gasteiger partial charge on any atom is -0.369 e. The summed E-state index contributed by atoms with van der Waals surface area (Å²) in [6, 6.07) is 4.47. The highest BCUT2D eigenvalue weighted by Gasteiger charge is 2.48. The van der Waals surface area contributed by atoms with Crippen LogP contribution in [0.3, 0.4) is 0 Å². The lowest BCUT2D eigenvalue weighted by molar-refractivity contribution is -0.137.